The van der Waals surface area contributed by atoms with E-state index in [1.165, 1.54) is 0 Å². The number of aromatic nitrogens is 1. The third-order valence-corrected chi connectivity index (χ3v) is 6.02. The van der Waals surface area contributed by atoms with Gasteiger partial charge in [0, 0.05) is 31.1 Å². The Morgan fingerprint density at radius 3 is 2.75 bits per heavy atom. The number of imide groups is 1. The van der Waals surface area contributed by atoms with Crippen molar-refractivity contribution in [2.45, 2.75) is 38.6 Å². The van der Waals surface area contributed by atoms with Crippen molar-refractivity contribution in [3.05, 3.63) is 30.5 Å². The minimum atomic E-state index is -0.527. The third kappa shape index (κ3) is 3.15. The standard InChI is InChI=1S/C21H25N3O4/c1-28-17-6-4-5-16-15(17)7-11-23(16)12-10-22-18(25)14-24-19(26)13-21(20(24)27)8-2-3-9-21/h4-7,11H,2-3,8-10,12-14H2,1H3,(H,22,25). The van der Waals surface area contributed by atoms with Crippen LogP contribution in [-0.2, 0) is 20.9 Å². The number of ether oxygens (including phenoxy) is 1. The number of likely N-dealkylation sites (tertiary alicyclic amines) is 1. The van der Waals surface area contributed by atoms with Crippen LogP contribution < -0.4 is 10.1 Å². The van der Waals surface area contributed by atoms with E-state index in [9.17, 15) is 14.4 Å². The number of fused-ring (bicyclic) bond motifs is 1. The van der Waals surface area contributed by atoms with Crippen molar-refractivity contribution in [3.63, 3.8) is 0 Å². The molecule has 0 bridgehead atoms. The highest BCUT2D eigenvalue weighted by Crippen LogP contribution is 2.46. The monoisotopic (exact) mass is 383 g/mol. The Hall–Kier alpha value is -2.83. The Kier molecular flexibility index (Phi) is 4.83. The second-order valence-corrected chi connectivity index (χ2v) is 7.70. The number of hydrogen-bond donors (Lipinski definition) is 1. The maximum atomic E-state index is 12.7. The van der Waals surface area contributed by atoms with E-state index in [4.69, 9.17) is 4.74 Å². The molecule has 2 heterocycles. The summed E-state index contributed by atoms with van der Waals surface area (Å²) >= 11 is 0. The molecule has 1 aromatic carbocycles. The minimum absolute atomic E-state index is 0.159. The second kappa shape index (κ2) is 7.30. The average Bonchev–Trinajstić information content (AvgIpc) is 3.38. The van der Waals surface area contributed by atoms with Gasteiger partial charge >= 0.3 is 0 Å². The Bertz CT molecular complexity index is 927. The zero-order chi connectivity index (χ0) is 19.7. The predicted octanol–water partition coefficient (Wildman–Crippen LogP) is 2.09. The van der Waals surface area contributed by atoms with Crippen LogP contribution >= 0.6 is 0 Å². The molecule has 1 saturated carbocycles. The van der Waals surface area contributed by atoms with Gasteiger partial charge in [0.25, 0.3) is 0 Å². The van der Waals surface area contributed by atoms with E-state index in [2.05, 4.69) is 5.32 Å². The van der Waals surface area contributed by atoms with Crippen LogP contribution in [0.2, 0.25) is 0 Å². The Morgan fingerprint density at radius 2 is 2.00 bits per heavy atom. The summed E-state index contributed by atoms with van der Waals surface area (Å²) in [4.78, 5) is 38.4. The first-order valence-electron chi connectivity index (χ1n) is 9.77. The van der Waals surface area contributed by atoms with Gasteiger partial charge in [-0.1, -0.05) is 18.9 Å². The molecule has 28 heavy (non-hydrogen) atoms. The lowest BCUT2D eigenvalue weighted by molar-refractivity contribution is -0.144. The molecule has 1 spiro atoms. The number of nitrogens with zero attached hydrogens (tertiary/aromatic N) is 2. The summed E-state index contributed by atoms with van der Waals surface area (Å²) in [5, 5.41) is 3.84. The van der Waals surface area contributed by atoms with E-state index >= 15 is 0 Å². The maximum absolute atomic E-state index is 12.7. The van der Waals surface area contributed by atoms with E-state index in [1.807, 2.05) is 35.0 Å². The molecular formula is C21H25N3O4. The molecule has 1 aliphatic carbocycles. The third-order valence-electron chi connectivity index (χ3n) is 6.02. The van der Waals surface area contributed by atoms with Crippen molar-refractivity contribution in [3.8, 4) is 5.75 Å². The van der Waals surface area contributed by atoms with Gasteiger partial charge in [-0.15, -0.1) is 0 Å². The second-order valence-electron chi connectivity index (χ2n) is 7.70. The summed E-state index contributed by atoms with van der Waals surface area (Å²) in [7, 11) is 1.64. The van der Waals surface area contributed by atoms with Crippen molar-refractivity contribution in [1.82, 2.24) is 14.8 Å². The first-order chi connectivity index (χ1) is 13.5. The first kappa shape index (κ1) is 18.5. The Labute approximate surface area is 163 Å². The van der Waals surface area contributed by atoms with Gasteiger partial charge in [-0.3, -0.25) is 19.3 Å². The Balaban J connectivity index is 1.33. The summed E-state index contributed by atoms with van der Waals surface area (Å²) in [6.45, 7) is 0.828. The molecular weight excluding hydrogens is 358 g/mol. The molecule has 0 radical (unpaired) electrons. The molecule has 1 saturated heterocycles. The number of rotatable bonds is 6. The molecule has 4 rings (SSSR count). The number of hydrogen-bond acceptors (Lipinski definition) is 4. The van der Waals surface area contributed by atoms with Gasteiger partial charge in [0.15, 0.2) is 0 Å². The topological polar surface area (TPSA) is 80.6 Å². The van der Waals surface area contributed by atoms with E-state index < -0.39 is 5.41 Å². The number of methoxy groups -OCH3 is 1. The van der Waals surface area contributed by atoms with Gasteiger partial charge in [0.2, 0.25) is 17.7 Å². The van der Waals surface area contributed by atoms with Crippen molar-refractivity contribution >= 4 is 28.6 Å². The van der Waals surface area contributed by atoms with Crippen molar-refractivity contribution < 1.29 is 19.1 Å². The van der Waals surface area contributed by atoms with E-state index in [0.717, 1.165) is 47.2 Å². The highest BCUT2D eigenvalue weighted by atomic mass is 16.5. The van der Waals surface area contributed by atoms with Gasteiger partial charge in [-0.25, -0.2) is 0 Å². The molecule has 0 unspecified atom stereocenters. The van der Waals surface area contributed by atoms with E-state index in [1.54, 1.807) is 7.11 Å². The van der Waals surface area contributed by atoms with Gasteiger partial charge in [-0.05, 0) is 31.0 Å². The fourth-order valence-electron chi connectivity index (χ4n) is 4.55. The molecule has 148 valence electrons. The quantitative estimate of drug-likeness (QED) is 0.775. The molecule has 2 fully saturated rings. The first-order valence-corrected chi connectivity index (χ1v) is 9.77. The molecule has 1 aliphatic heterocycles. The highest BCUT2D eigenvalue weighted by Gasteiger charge is 2.52. The lowest BCUT2D eigenvalue weighted by atomic mass is 9.84. The van der Waals surface area contributed by atoms with Gasteiger partial charge in [0.1, 0.15) is 12.3 Å². The fourth-order valence-corrected chi connectivity index (χ4v) is 4.55. The van der Waals surface area contributed by atoms with Gasteiger partial charge in [0.05, 0.1) is 18.0 Å². The van der Waals surface area contributed by atoms with Crippen molar-refractivity contribution in [2.24, 2.45) is 5.41 Å². The molecule has 1 N–H and O–H groups in total. The van der Waals surface area contributed by atoms with Crippen LogP contribution in [0.1, 0.15) is 32.1 Å². The number of carbonyl (C=O) groups excluding carboxylic acids is 3. The van der Waals surface area contributed by atoms with Crippen LogP contribution in [0.15, 0.2) is 30.5 Å². The maximum Gasteiger partial charge on any atom is 0.240 e. The zero-order valence-electron chi connectivity index (χ0n) is 16.1. The fraction of sp³-hybridized carbons (Fsp3) is 0.476. The average molecular weight is 383 g/mol. The summed E-state index contributed by atoms with van der Waals surface area (Å²) in [5.74, 6) is 0.136. The SMILES string of the molecule is COc1cccc2c1ccn2CCNC(=O)CN1C(=O)CC2(CCCC2)C1=O. The summed E-state index contributed by atoms with van der Waals surface area (Å²) in [6.07, 6.45) is 5.70. The molecule has 1 aromatic heterocycles. The predicted molar refractivity (Wildman–Crippen MR) is 104 cm³/mol. The van der Waals surface area contributed by atoms with Crippen LogP contribution in [0.5, 0.6) is 5.75 Å². The number of benzene rings is 1. The minimum Gasteiger partial charge on any atom is -0.496 e. The van der Waals surface area contributed by atoms with Crippen LogP contribution in [0.25, 0.3) is 10.9 Å². The lowest BCUT2D eigenvalue weighted by Gasteiger charge is -2.20. The van der Waals surface area contributed by atoms with Gasteiger partial charge < -0.3 is 14.6 Å². The Morgan fingerprint density at radius 1 is 1.21 bits per heavy atom. The van der Waals surface area contributed by atoms with Crippen LogP contribution in [0, 0.1) is 5.41 Å². The number of nitrogens with one attached hydrogen (secondary N) is 1. The molecule has 2 aromatic rings. The zero-order valence-corrected chi connectivity index (χ0v) is 16.1. The summed E-state index contributed by atoms with van der Waals surface area (Å²) in [5.41, 5.74) is 0.502. The molecule has 3 amide bonds. The largest absolute Gasteiger partial charge is 0.496 e. The van der Waals surface area contributed by atoms with Crippen molar-refractivity contribution in [1.29, 1.82) is 0 Å². The van der Waals surface area contributed by atoms with Gasteiger partial charge in [-0.2, -0.15) is 0 Å². The molecule has 2 aliphatic rings. The highest BCUT2D eigenvalue weighted by molar-refractivity contribution is 6.08. The van der Waals surface area contributed by atoms with Crippen LogP contribution in [0.4, 0.5) is 0 Å². The van der Waals surface area contributed by atoms with E-state index in [0.29, 0.717) is 13.1 Å². The number of amides is 3. The molecule has 0 atom stereocenters. The van der Waals surface area contributed by atoms with Crippen LogP contribution in [-0.4, -0.2) is 47.4 Å². The normalized spacial score (nSPS) is 18.4. The summed E-state index contributed by atoms with van der Waals surface area (Å²) in [6, 6.07) is 7.83. The smallest absolute Gasteiger partial charge is 0.240 e. The molecule has 7 heteroatoms. The molecule has 7 nitrogen and oxygen atoms in total. The lowest BCUT2D eigenvalue weighted by Crippen LogP contribution is -2.42. The van der Waals surface area contributed by atoms with Crippen molar-refractivity contribution in [2.75, 3.05) is 20.2 Å². The summed E-state index contributed by atoms with van der Waals surface area (Å²) < 4.78 is 7.40. The van der Waals surface area contributed by atoms with Crippen LogP contribution in [0.3, 0.4) is 0 Å². The number of carbonyl (C=O) groups is 3. The van der Waals surface area contributed by atoms with E-state index in [-0.39, 0.29) is 30.7 Å².